The van der Waals surface area contributed by atoms with Gasteiger partial charge in [0.25, 0.3) is 0 Å². The Balaban J connectivity index is 1.63. The second-order valence-corrected chi connectivity index (χ2v) is 5.84. The molecule has 6 heteroatoms. The van der Waals surface area contributed by atoms with E-state index in [1.54, 1.807) is 6.07 Å². The maximum atomic E-state index is 13.3. The van der Waals surface area contributed by atoms with Gasteiger partial charge in [-0.05, 0) is 36.6 Å². The third kappa shape index (κ3) is 4.09. The Bertz CT molecular complexity index is 846. The number of nitrogens with zero attached hydrogens (tertiary/aromatic N) is 2. The summed E-state index contributed by atoms with van der Waals surface area (Å²) >= 11 is 0. The molecule has 0 saturated heterocycles. The lowest BCUT2D eigenvalue weighted by molar-refractivity contribution is 0.360. The molecular weight excluding hydrogens is 324 g/mol. The molecule has 0 aliphatic carbocycles. The monoisotopic (exact) mass is 343 g/mol. The molecule has 0 radical (unpaired) electrons. The van der Waals surface area contributed by atoms with Gasteiger partial charge in [-0.15, -0.1) is 0 Å². The number of aryl methyl sites for hydroxylation is 1. The highest BCUT2D eigenvalue weighted by Gasteiger charge is 2.12. The van der Waals surface area contributed by atoms with Gasteiger partial charge in [0.1, 0.15) is 0 Å². The minimum Gasteiger partial charge on any atom is -0.338 e. The lowest BCUT2D eigenvalue weighted by Crippen LogP contribution is -2.18. The van der Waals surface area contributed by atoms with Gasteiger partial charge in [0.2, 0.25) is 11.7 Å². The second-order valence-electron chi connectivity index (χ2n) is 5.84. The number of rotatable bonds is 6. The van der Waals surface area contributed by atoms with Crippen molar-refractivity contribution in [3.05, 3.63) is 71.1 Å². The van der Waals surface area contributed by atoms with Gasteiger partial charge in [0.15, 0.2) is 11.6 Å². The average molecular weight is 343 g/mol. The van der Waals surface area contributed by atoms with Crippen molar-refractivity contribution >= 4 is 0 Å². The van der Waals surface area contributed by atoms with Crippen LogP contribution in [0.3, 0.4) is 0 Å². The number of nitrogens with one attached hydrogen (secondary N) is 1. The normalized spacial score (nSPS) is 12.3. The van der Waals surface area contributed by atoms with E-state index in [0.29, 0.717) is 23.8 Å². The van der Waals surface area contributed by atoms with Crippen molar-refractivity contribution in [2.45, 2.75) is 32.9 Å². The maximum Gasteiger partial charge on any atom is 0.240 e. The Hall–Kier alpha value is -2.60. The molecule has 0 aliphatic heterocycles. The Kier molecular flexibility index (Phi) is 5.19. The average Bonchev–Trinajstić information content (AvgIpc) is 3.11. The first-order valence-corrected chi connectivity index (χ1v) is 8.17. The molecule has 0 aliphatic rings. The molecule has 4 nitrogen and oxygen atoms in total. The molecule has 0 unspecified atom stereocenters. The quantitative estimate of drug-likeness (QED) is 0.719. The number of hydrogen-bond acceptors (Lipinski definition) is 4. The minimum absolute atomic E-state index is 0.186. The lowest BCUT2D eigenvalue weighted by atomic mass is 10.1. The highest BCUT2D eigenvalue weighted by atomic mass is 19.2. The van der Waals surface area contributed by atoms with Crippen LogP contribution >= 0.6 is 0 Å². The summed E-state index contributed by atoms with van der Waals surface area (Å²) in [5.41, 5.74) is 2.78. The van der Waals surface area contributed by atoms with Crippen LogP contribution in [0.5, 0.6) is 0 Å². The molecule has 0 saturated carbocycles. The van der Waals surface area contributed by atoms with E-state index >= 15 is 0 Å². The zero-order valence-corrected chi connectivity index (χ0v) is 14.1. The summed E-state index contributed by atoms with van der Waals surface area (Å²) in [5.74, 6) is -0.753. The van der Waals surface area contributed by atoms with Crippen LogP contribution in [0.4, 0.5) is 8.78 Å². The molecule has 0 spiro atoms. The van der Waals surface area contributed by atoms with Gasteiger partial charge in [-0.1, -0.05) is 42.4 Å². The van der Waals surface area contributed by atoms with E-state index < -0.39 is 11.6 Å². The van der Waals surface area contributed by atoms with Crippen molar-refractivity contribution in [3.63, 3.8) is 0 Å². The Morgan fingerprint density at radius 1 is 1.08 bits per heavy atom. The number of benzene rings is 2. The van der Waals surface area contributed by atoms with Gasteiger partial charge in [0.05, 0.1) is 6.54 Å². The van der Waals surface area contributed by atoms with Crippen LogP contribution in [0.15, 0.2) is 47.0 Å². The molecule has 3 rings (SSSR count). The minimum atomic E-state index is -0.859. The van der Waals surface area contributed by atoms with E-state index in [4.69, 9.17) is 4.52 Å². The SMILES string of the molecule is CCc1ccc(-c2noc(CN[C@@H](C)c3ccc(F)c(F)c3)n2)cc1. The summed E-state index contributed by atoms with van der Waals surface area (Å²) < 4.78 is 31.5. The van der Waals surface area contributed by atoms with Gasteiger partial charge < -0.3 is 9.84 Å². The van der Waals surface area contributed by atoms with E-state index in [0.717, 1.165) is 18.1 Å². The molecule has 0 amide bonds. The van der Waals surface area contributed by atoms with E-state index in [1.807, 2.05) is 31.2 Å². The Labute approximate surface area is 144 Å². The van der Waals surface area contributed by atoms with E-state index in [2.05, 4.69) is 22.4 Å². The standard InChI is InChI=1S/C19H19F2N3O/c1-3-13-4-6-14(7-5-13)19-23-18(25-24-19)11-22-12(2)15-8-9-16(20)17(21)10-15/h4-10,12,22H,3,11H2,1-2H3/t12-/m0/s1. The summed E-state index contributed by atoms with van der Waals surface area (Å²) in [4.78, 5) is 4.36. The topological polar surface area (TPSA) is 51.0 Å². The third-order valence-corrected chi connectivity index (χ3v) is 4.09. The number of halogens is 2. The van der Waals surface area contributed by atoms with Crippen LogP contribution in [0.1, 0.15) is 36.9 Å². The molecule has 0 bridgehead atoms. The van der Waals surface area contributed by atoms with Crippen LogP contribution in [0.25, 0.3) is 11.4 Å². The summed E-state index contributed by atoms with van der Waals surface area (Å²) in [7, 11) is 0. The van der Waals surface area contributed by atoms with E-state index in [1.165, 1.54) is 11.6 Å². The third-order valence-electron chi connectivity index (χ3n) is 4.09. The molecule has 2 aromatic carbocycles. The van der Waals surface area contributed by atoms with Crippen LogP contribution in [-0.4, -0.2) is 10.1 Å². The summed E-state index contributed by atoms with van der Waals surface area (Å²) in [6.45, 7) is 4.29. The predicted octanol–water partition coefficient (Wildman–Crippen LogP) is 4.43. The van der Waals surface area contributed by atoms with Crippen molar-refractivity contribution in [2.75, 3.05) is 0 Å². The maximum absolute atomic E-state index is 13.3. The van der Waals surface area contributed by atoms with Gasteiger partial charge >= 0.3 is 0 Å². The summed E-state index contributed by atoms with van der Waals surface area (Å²) in [5, 5.41) is 7.14. The molecule has 1 aromatic heterocycles. The first-order valence-electron chi connectivity index (χ1n) is 8.17. The molecule has 3 aromatic rings. The van der Waals surface area contributed by atoms with Gasteiger partial charge in [-0.25, -0.2) is 8.78 Å². The molecule has 1 atom stereocenters. The fourth-order valence-corrected chi connectivity index (χ4v) is 2.47. The van der Waals surface area contributed by atoms with Crippen molar-refractivity contribution in [2.24, 2.45) is 0 Å². The number of aromatic nitrogens is 2. The van der Waals surface area contributed by atoms with Crippen LogP contribution in [0, 0.1) is 11.6 Å². The predicted molar refractivity (Wildman–Crippen MR) is 90.7 cm³/mol. The fraction of sp³-hybridized carbons (Fsp3) is 0.263. The Morgan fingerprint density at radius 3 is 2.52 bits per heavy atom. The molecule has 0 fully saturated rings. The fourth-order valence-electron chi connectivity index (χ4n) is 2.47. The molecule has 25 heavy (non-hydrogen) atoms. The smallest absolute Gasteiger partial charge is 0.240 e. The number of hydrogen-bond donors (Lipinski definition) is 1. The largest absolute Gasteiger partial charge is 0.338 e. The first kappa shape index (κ1) is 17.2. The van der Waals surface area contributed by atoms with E-state index in [9.17, 15) is 8.78 Å². The van der Waals surface area contributed by atoms with Crippen molar-refractivity contribution in [1.82, 2.24) is 15.5 Å². The van der Waals surface area contributed by atoms with Gasteiger partial charge in [-0.2, -0.15) is 4.98 Å². The summed E-state index contributed by atoms with van der Waals surface area (Å²) in [6.07, 6.45) is 0.976. The summed E-state index contributed by atoms with van der Waals surface area (Å²) in [6, 6.07) is 11.7. The molecule has 1 heterocycles. The van der Waals surface area contributed by atoms with Crippen molar-refractivity contribution in [3.8, 4) is 11.4 Å². The van der Waals surface area contributed by atoms with Crippen LogP contribution < -0.4 is 5.32 Å². The molecule has 130 valence electrons. The Morgan fingerprint density at radius 2 is 1.84 bits per heavy atom. The van der Waals surface area contributed by atoms with Gasteiger partial charge in [0, 0.05) is 11.6 Å². The van der Waals surface area contributed by atoms with Crippen LogP contribution in [0.2, 0.25) is 0 Å². The van der Waals surface area contributed by atoms with Crippen LogP contribution in [-0.2, 0) is 13.0 Å². The van der Waals surface area contributed by atoms with Crippen molar-refractivity contribution < 1.29 is 13.3 Å². The highest BCUT2D eigenvalue weighted by molar-refractivity contribution is 5.54. The second kappa shape index (κ2) is 7.53. The van der Waals surface area contributed by atoms with Crippen molar-refractivity contribution in [1.29, 1.82) is 0 Å². The molecule has 1 N–H and O–H groups in total. The highest BCUT2D eigenvalue weighted by Crippen LogP contribution is 2.19. The van der Waals surface area contributed by atoms with Gasteiger partial charge in [-0.3, -0.25) is 0 Å². The van der Waals surface area contributed by atoms with E-state index in [-0.39, 0.29) is 6.04 Å². The molecular formula is C19H19F2N3O. The zero-order chi connectivity index (χ0) is 17.8. The zero-order valence-electron chi connectivity index (χ0n) is 14.1. The lowest BCUT2D eigenvalue weighted by Gasteiger charge is -2.12. The first-order chi connectivity index (χ1) is 12.1.